The van der Waals surface area contributed by atoms with E-state index in [1.807, 2.05) is 24.8 Å². The van der Waals surface area contributed by atoms with Crippen LogP contribution in [0.2, 0.25) is 0 Å². The Morgan fingerprint density at radius 2 is 1.90 bits per heavy atom. The van der Waals surface area contributed by atoms with Gasteiger partial charge in [-0.1, -0.05) is 0 Å². The molecule has 6 nitrogen and oxygen atoms in total. The smallest absolute Gasteiger partial charge is 0.255 e. The average molecular weight is 275 g/mol. The van der Waals surface area contributed by atoms with Crippen molar-refractivity contribution in [3.05, 3.63) is 23.0 Å². The maximum absolute atomic E-state index is 12.6. The van der Waals surface area contributed by atoms with Crippen LogP contribution in [0.1, 0.15) is 21.7 Å². The highest BCUT2D eigenvalue weighted by Gasteiger charge is 2.30. The number of aromatic nitrogens is 2. The van der Waals surface area contributed by atoms with Crippen molar-refractivity contribution in [3.8, 4) is 0 Å². The number of piperazine rings is 1. The average Bonchev–Trinajstić information content (AvgIpc) is 2.40. The third-order valence-electron chi connectivity index (χ3n) is 4.21. The van der Waals surface area contributed by atoms with E-state index in [1.165, 1.54) is 0 Å². The van der Waals surface area contributed by atoms with Crippen molar-refractivity contribution in [3.63, 3.8) is 0 Å². The molecule has 0 spiro atoms. The summed E-state index contributed by atoms with van der Waals surface area (Å²) in [6.07, 6.45) is 0. The first kappa shape index (κ1) is 13.5. The van der Waals surface area contributed by atoms with E-state index in [9.17, 15) is 4.79 Å². The third-order valence-corrected chi connectivity index (χ3v) is 4.21. The predicted molar refractivity (Wildman–Crippen MR) is 75.6 cm³/mol. The van der Waals surface area contributed by atoms with E-state index in [4.69, 9.17) is 0 Å². The second kappa shape index (κ2) is 5.46. The Labute approximate surface area is 119 Å². The molecule has 0 aliphatic carbocycles. The zero-order valence-electron chi connectivity index (χ0n) is 12.1. The van der Waals surface area contributed by atoms with Crippen LogP contribution in [0.5, 0.6) is 0 Å². The molecule has 2 fully saturated rings. The second-order valence-corrected chi connectivity index (χ2v) is 5.63. The van der Waals surface area contributed by atoms with Gasteiger partial charge in [-0.25, -0.2) is 0 Å². The maximum atomic E-state index is 12.6. The molecule has 2 saturated heterocycles. The molecule has 3 heterocycles. The van der Waals surface area contributed by atoms with Gasteiger partial charge in [-0.3, -0.25) is 9.69 Å². The highest BCUT2D eigenvalue weighted by atomic mass is 16.2. The van der Waals surface area contributed by atoms with Crippen LogP contribution in [-0.2, 0) is 0 Å². The van der Waals surface area contributed by atoms with Crippen molar-refractivity contribution in [2.75, 3.05) is 39.3 Å². The van der Waals surface area contributed by atoms with Gasteiger partial charge in [0.15, 0.2) is 0 Å². The SMILES string of the molecule is Cc1cc(C(=O)N2CCN(C3CNC3)CC2)c(C)nn1. The molecular formula is C14H21N5O. The molecule has 2 aliphatic rings. The van der Waals surface area contributed by atoms with Gasteiger partial charge < -0.3 is 10.2 Å². The van der Waals surface area contributed by atoms with Crippen LogP contribution in [0.4, 0.5) is 0 Å². The first-order valence-electron chi connectivity index (χ1n) is 7.20. The van der Waals surface area contributed by atoms with Crippen LogP contribution in [-0.4, -0.2) is 71.2 Å². The fourth-order valence-electron chi connectivity index (χ4n) is 2.76. The number of nitrogens with one attached hydrogen (secondary N) is 1. The van der Waals surface area contributed by atoms with E-state index in [-0.39, 0.29) is 5.91 Å². The quantitative estimate of drug-likeness (QED) is 0.811. The molecule has 2 aliphatic heterocycles. The highest BCUT2D eigenvalue weighted by Crippen LogP contribution is 2.14. The maximum Gasteiger partial charge on any atom is 0.255 e. The Hall–Kier alpha value is -1.53. The Kier molecular flexibility index (Phi) is 3.67. The van der Waals surface area contributed by atoms with Crippen LogP contribution in [0.3, 0.4) is 0 Å². The Morgan fingerprint density at radius 3 is 2.50 bits per heavy atom. The van der Waals surface area contributed by atoms with Crippen molar-refractivity contribution in [1.82, 2.24) is 25.3 Å². The third kappa shape index (κ3) is 2.53. The minimum absolute atomic E-state index is 0.0897. The van der Waals surface area contributed by atoms with Gasteiger partial charge in [0.2, 0.25) is 0 Å². The molecule has 0 unspecified atom stereocenters. The molecule has 0 saturated carbocycles. The molecule has 20 heavy (non-hydrogen) atoms. The standard InChI is InChI=1S/C14H21N5O/c1-10-7-13(11(2)17-16-10)14(20)19-5-3-18(4-6-19)12-8-15-9-12/h7,12,15H,3-6,8-9H2,1-2H3. The van der Waals surface area contributed by atoms with Gasteiger partial charge in [-0.05, 0) is 19.9 Å². The lowest BCUT2D eigenvalue weighted by Gasteiger charge is -2.43. The van der Waals surface area contributed by atoms with Crippen LogP contribution in [0.15, 0.2) is 6.07 Å². The molecule has 6 heteroatoms. The Balaban J connectivity index is 1.65. The molecule has 1 aromatic rings. The Bertz CT molecular complexity index is 506. The van der Waals surface area contributed by atoms with E-state index in [0.29, 0.717) is 17.3 Å². The monoisotopic (exact) mass is 275 g/mol. The molecule has 1 aromatic heterocycles. The zero-order chi connectivity index (χ0) is 14.1. The molecular weight excluding hydrogens is 254 g/mol. The fourth-order valence-corrected chi connectivity index (χ4v) is 2.76. The minimum Gasteiger partial charge on any atom is -0.336 e. The van der Waals surface area contributed by atoms with Crippen LogP contribution >= 0.6 is 0 Å². The largest absolute Gasteiger partial charge is 0.336 e. The number of rotatable bonds is 2. The van der Waals surface area contributed by atoms with Crippen molar-refractivity contribution in [2.24, 2.45) is 0 Å². The van der Waals surface area contributed by atoms with Crippen molar-refractivity contribution in [2.45, 2.75) is 19.9 Å². The normalized spacial score (nSPS) is 20.8. The topological polar surface area (TPSA) is 61.4 Å². The van der Waals surface area contributed by atoms with Crippen LogP contribution < -0.4 is 5.32 Å². The molecule has 0 bridgehead atoms. The van der Waals surface area contributed by atoms with Crippen molar-refractivity contribution < 1.29 is 4.79 Å². The van der Waals surface area contributed by atoms with Gasteiger partial charge in [-0.15, -0.1) is 0 Å². The van der Waals surface area contributed by atoms with E-state index < -0.39 is 0 Å². The van der Waals surface area contributed by atoms with E-state index in [2.05, 4.69) is 20.4 Å². The lowest BCUT2D eigenvalue weighted by molar-refractivity contribution is 0.0501. The summed E-state index contributed by atoms with van der Waals surface area (Å²) in [6, 6.07) is 2.51. The fraction of sp³-hybridized carbons (Fsp3) is 0.643. The number of aryl methyl sites for hydroxylation is 2. The summed E-state index contributed by atoms with van der Waals surface area (Å²) in [7, 11) is 0. The molecule has 108 valence electrons. The van der Waals surface area contributed by atoms with Gasteiger partial charge in [0.25, 0.3) is 5.91 Å². The lowest BCUT2D eigenvalue weighted by atomic mass is 10.1. The van der Waals surface area contributed by atoms with Crippen molar-refractivity contribution >= 4 is 5.91 Å². The summed E-state index contributed by atoms with van der Waals surface area (Å²) >= 11 is 0. The van der Waals surface area contributed by atoms with Crippen LogP contribution in [0.25, 0.3) is 0 Å². The van der Waals surface area contributed by atoms with Gasteiger partial charge in [0, 0.05) is 45.3 Å². The van der Waals surface area contributed by atoms with E-state index in [1.54, 1.807) is 0 Å². The predicted octanol–water partition coefficient (Wildman–Crippen LogP) is -0.177. The molecule has 0 atom stereocenters. The van der Waals surface area contributed by atoms with Gasteiger partial charge in [-0.2, -0.15) is 10.2 Å². The van der Waals surface area contributed by atoms with E-state index >= 15 is 0 Å². The minimum atomic E-state index is 0.0897. The molecule has 0 aromatic carbocycles. The molecule has 1 amide bonds. The first-order chi connectivity index (χ1) is 9.65. The second-order valence-electron chi connectivity index (χ2n) is 5.63. The van der Waals surface area contributed by atoms with E-state index in [0.717, 1.165) is 45.0 Å². The molecule has 1 N–H and O–H groups in total. The van der Waals surface area contributed by atoms with Gasteiger partial charge in [0.1, 0.15) is 0 Å². The highest BCUT2D eigenvalue weighted by molar-refractivity contribution is 5.95. The summed E-state index contributed by atoms with van der Waals surface area (Å²) in [5, 5.41) is 11.3. The lowest BCUT2D eigenvalue weighted by Crippen LogP contribution is -2.62. The summed E-state index contributed by atoms with van der Waals surface area (Å²) < 4.78 is 0. The zero-order valence-corrected chi connectivity index (χ0v) is 12.1. The number of amides is 1. The summed E-state index contributed by atoms with van der Waals surface area (Å²) in [5.41, 5.74) is 2.20. The summed E-state index contributed by atoms with van der Waals surface area (Å²) in [5.74, 6) is 0.0897. The number of hydrogen-bond acceptors (Lipinski definition) is 5. The number of hydrogen-bond donors (Lipinski definition) is 1. The summed E-state index contributed by atoms with van der Waals surface area (Å²) in [6.45, 7) is 9.41. The number of nitrogens with zero attached hydrogens (tertiary/aromatic N) is 4. The summed E-state index contributed by atoms with van der Waals surface area (Å²) in [4.78, 5) is 17.0. The number of carbonyl (C=O) groups is 1. The van der Waals surface area contributed by atoms with Gasteiger partial charge >= 0.3 is 0 Å². The van der Waals surface area contributed by atoms with Crippen LogP contribution in [0, 0.1) is 13.8 Å². The Morgan fingerprint density at radius 1 is 1.20 bits per heavy atom. The molecule has 3 rings (SSSR count). The van der Waals surface area contributed by atoms with Gasteiger partial charge in [0.05, 0.1) is 17.0 Å². The molecule has 0 radical (unpaired) electrons. The number of carbonyl (C=O) groups excluding carboxylic acids is 1. The van der Waals surface area contributed by atoms with Crippen molar-refractivity contribution in [1.29, 1.82) is 0 Å². The first-order valence-corrected chi connectivity index (χ1v) is 7.20.